The van der Waals surface area contributed by atoms with Crippen LogP contribution in [0, 0.1) is 0 Å². The van der Waals surface area contributed by atoms with Crippen molar-refractivity contribution in [3.63, 3.8) is 0 Å². The van der Waals surface area contributed by atoms with E-state index in [1.807, 2.05) is 24.3 Å². The number of thiocarbonyl (C=S) groups is 1. The molecule has 1 heterocycles. The highest BCUT2D eigenvalue weighted by Crippen LogP contribution is 2.24. The van der Waals surface area contributed by atoms with Crippen molar-refractivity contribution in [2.24, 2.45) is 4.99 Å². The van der Waals surface area contributed by atoms with Gasteiger partial charge in [0.25, 0.3) is 0 Å². The summed E-state index contributed by atoms with van der Waals surface area (Å²) in [5.41, 5.74) is 3.00. The molecular formula is C14H14N2S2. The highest BCUT2D eigenvalue weighted by Gasteiger charge is 2.04. The summed E-state index contributed by atoms with van der Waals surface area (Å²) in [6, 6.07) is 7.90. The molecule has 0 atom stereocenters. The lowest BCUT2D eigenvalue weighted by molar-refractivity contribution is 0.790. The molecule has 0 aliphatic rings. The molecular weight excluding hydrogens is 260 g/mol. The monoisotopic (exact) mass is 274 g/mol. The van der Waals surface area contributed by atoms with E-state index in [1.165, 1.54) is 17.8 Å². The number of aryl methyl sites for hydroxylation is 1. The van der Waals surface area contributed by atoms with Crippen molar-refractivity contribution in [1.82, 2.24) is 4.98 Å². The zero-order valence-corrected chi connectivity index (χ0v) is 11.9. The minimum Gasteiger partial charge on any atom is -0.241 e. The Balaban J connectivity index is 2.15. The van der Waals surface area contributed by atoms with E-state index in [-0.39, 0.29) is 0 Å². The number of nitrogens with zero attached hydrogens (tertiary/aromatic N) is 2. The molecule has 0 aliphatic heterocycles. The Labute approximate surface area is 116 Å². The Kier molecular flexibility index (Phi) is 4.76. The minimum atomic E-state index is 0.829. The van der Waals surface area contributed by atoms with Gasteiger partial charge in [-0.1, -0.05) is 25.5 Å². The number of aliphatic imine (C=N–C) groups is 1. The highest BCUT2D eigenvalue weighted by molar-refractivity contribution is 7.78. The van der Waals surface area contributed by atoms with E-state index in [0.29, 0.717) is 0 Å². The summed E-state index contributed by atoms with van der Waals surface area (Å²) in [4.78, 5) is 8.58. The van der Waals surface area contributed by atoms with Crippen molar-refractivity contribution in [2.45, 2.75) is 26.2 Å². The number of rotatable bonds is 5. The third kappa shape index (κ3) is 3.33. The molecule has 1 aromatic carbocycles. The summed E-state index contributed by atoms with van der Waals surface area (Å²) >= 11 is 6.31. The van der Waals surface area contributed by atoms with Crippen LogP contribution >= 0.6 is 23.6 Å². The number of hydrogen-bond acceptors (Lipinski definition) is 4. The SMILES string of the molecule is CCCCc1nc(-c2ccc(N=C=S)cc2)cs1. The molecule has 2 rings (SSSR count). The quantitative estimate of drug-likeness (QED) is 0.573. The molecule has 92 valence electrons. The maximum Gasteiger partial charge on any atom is 0.0932 e. The van der Waals surface area contributed by atoms with Gasteiger partial charge in [-0.2, -0.15) is 4.99 Å². The molecule has 2 aromatic rings. The van der Waals surface area contributed by atoms with E-state index in [9.17, 15) is 0 Å². The average molecular weight is 274 g/mol. The first-order chi connectivity index (χ1) is 8.83. The van der Waals surface area contributed by atoms with Gasteiger partial charge in [0.15, 0.2) is 0 Å². The molecule has 0 spiro atoms. The number of benzene rings is 1. The third-order valence-corrected chi connectivity index (χ3v) is 3.63. The van der Waals surface area contributed by atoms with Crippen LogP contribution < -0.4 is 0 Å². The van der Waals surface area contributed by atoms with Crippen molar-refractivity contribution >= 4 is 34.4 Å². The Morgan fingerprint density at radius 3 is 2.78 bits per heavy atom. The predicted molar refractivity (Wildman–Crippen MR) is 80.8 cm³/mol. The smallest absolute Gasteiger partial charge is 0.0932 e. The number of thiazole rings is 1. The molecule has 18 heavy (non-hydrogen) atoms. The van der Waals surface area contributed by atoms with Gasteiger partial charge in [-0.3, -0.25) is 0 Å². The number of hydrogen-bond donors (Lipinski definition) is 0. The van der Waals surface area contributed by atoms with Gasteiger partial charge >= 0.3 is 0 Å². The lowest BCUT2D eigenvalue weighted by Crippen LogP contribution is -1.83. The zero-order chi connectivity index (χ0) is 12.8. The van der Waals surface area contributed by atoms with Crippen LogP contribution in [0.15, 0.2) is 34.6 Å². The van der Waals surface area contributed by atoms with Gasteiger partial charge in [0.1, 0.15) is 0 Å². The van der Waals surface area contributed by atoms with Gasteiger partial charge < -0.3 is 0 Å². The molecule has 0 radical (unpaired) electrons. The molecule has 0 aliphatic carbocycles. The van der Waals surface area contributed by atoms with Crippen LogP contribution in [-0.2, 0) is 6.42 Å². The Hall–Kier alpha value is -1.35. The zero-order valence-electron chi connectivity index (χ0n) is 10.2. The van der Waals surface area contributed by atoms with Gasteiger partial charge in [0.2, 0.25) is 0 Å². The molecule has 0 bridgehead atoms. The molecule has 2 nitrogen and oxygen atoms in total. The number of isothiocyanates is 1. The van der Waals surface area contributed by atoms with Crippen LogP contribution in [0.4, 0.5) is 5.69 Å². The fourth-order valence-electron chi connectivity index (χ4n) is 1.65. The molecule has 1 aromatic heterocycles. The summed E-state index contributed by atoms with van der Waals surface area (Å²) in [6.45, 7) is 2.20. The summed E-state index contributed by atoms with van der Waals surface area (Å²) in [5.74, 6) is 0. The van der Waals surface area contributed by atoms with Crippen molar-refractivity contribution in [1.29, 1.82) is 0 Å². The van der Waals surface area contributed by atoms with Gasteiger partial charge in [-0.15, -0.1) is 11.3 Å². The van der Waals surface area contributed by atoms with E-state index >= 15 is 0 Å². The van der Waals surface area contributed by atoms with Crippen molar-refractivity contribution < 1.29 is 0 Å². The molecule has 0 unspecified atom stereocenters. The lowest BCUT2D eigenvalue weighted by Gasteiger charge is -1.97. The molecule has 4 heteroatoms. The van der Waals surface area contributed by atoms with E-state index < -0.39 is 0 Å². The lowest BCUT2D eigenvalue weighted by atomic mass is 10.1. The normalized spacial score (nSPS) is 10.1. The predicted octanol–water partition coefficient (Wildman–Crippen LogP) is 4.89. The topological polar surface area (TPSA) is 25.2 Å². The summed E-state index contributed by atoms with van der Waals surface area (Å²) in [6.07, 6.45) is 3.49. The van der Waals surface area contributed by atoms with Crippen molar-refractivity contribution in [3.8, 4) is 11.3 Å². The van der Waals surface area contributed by atoms with E-state index in [0.717, 1.165) is 23.4 Å². The van der Waals surface area contributed by atoms with Crippen LogP contribution in [0.3, 0.4) is 0 Å². The second-order valence-corrected chi connectivity index (χ2v) is 5.11. The molecule has 0 N–H and O–H groups in total. The van der Waals surface area contributed by atoms with E-state index in [2.05, 4.69) is 39.7 Å². The minimum absolute atomic E-state index is 0.829. The number of unbranched alkanes of at least 4 members (excludes halogenated alkanes) is 1. The Morgan fingerprint density at radius 1 is 1.33 bits per heavy atom. The van der Waals surface area contributed by atoms with Crippen LogP contribution in [0.2, 0.25) is 0 Å². The van der Waals surface area contributed by atoms with Crippen LogP contribution in [0.1, 0.15) is 24.8 Å². The summed E-state index contributed by atoms with van der Waals surface area (Å²) in [5, 5.41) is 5.69. The second kappa shape index (κ2) is 6.55. The van der Waals surface area contributed by atoms with Gasteiger partial charge in [-0.05, 0) is 37.2 Å². The first-order valence-corrected chi connectivity index (χ1v) is 7.25. The van der Waals surface area contributed by atoms with Crippen LogP contribution in [0.5, 0.6) is 0 Å². The fourth-order valence-corrected chi connectivity index (χ4v) is 2.60. The fraction of sp³-hybridized carbons (Fsp3) is 0.286. The van der Waals surface area contributed by atoms with Crippen LogP contribution in [0.25, 0.3) is 11.3 Å². The first-order valence-electron chi connectivity index (χ1n) is 5.96. The maximum absolute atomic E-state index is 4.65. The number of aromatic nitrogens is 1. The highest BCUT2D eigenvalue weighted by atomic mass is 32.1. The van der Waals surface area contributed by atoms with Gasteiger partial charge in [0.05, 0.1) is 21.6 Å². The molecule has 0 saturated heterocycles. The van der Waals surface area contributed by atoms with Gasteiger partial charge in [0, 0.05) is 10.9 Å². The Bertz CT molecular complexity index is 551. The maximum atomic E-state index is 4.65. The standard InChI is InChI=1S/C14H14N2S2/c1-2-3-4-14-16-13(9-18-14)11-5-7-12(8-6-11)15-10-17/h5-9H,2-4H2,1H3. The Morgan fingerprint density at radius 2 is 2.11 bits per heavy atom. The molecule has 0 amide bonds. The van der Waals surface area contributed by atoms with Crippen molar-refractivity contribution in [3.05, 3.63) is 34.7 Å². The van der Waals surface area contributed by atoms with Crippen LogP contribution in [-0.4, -0.2) is 10.1 Å². The summed E-state index contributed by atoms with van der Waals surface area (Å²) in [7, 11) is 0. The van der Waals surface area contributed by atoms with Crippen molar-refractivity contribution in [2.75, 3.05) is 0 Å². The van der Waals surface area contributed by atoms with E-state index in [1.54, 1.807) is 11.3 Å². The average Bonchev–Trinajstić information content (AvgIpc) is 2.86. The van der Waals surface area contributed by atoms with Gasteiger partial charge in [-0.25, -0.2) is 4.98 Å². The molecule has 0 fully saturated rings. The largest absolute Gasteiger partial charge is 0.241 e. The first kappa shape index (κ1) is 13.1. The third-order valence-electron chi connectivity index (χ3n) is 2.63. The van der Waals surface area contributed by atoms with E-state index in [4.69, 9.17) is 0 Å². The molecule has 0 saturated carbocycles. The summed E-state index contributed by atoms with van der Waals surface area (Å²) < 4.78 is 0. The second-order valence-electron chi connectivity index (χ2n) is 3.98.